The molecule has 0 bridgehead atoms. The molecule has 1 aromatic carbocycles. The molecule has 0 saturated carbocycles. The van der Waals surface area contributed by atoms with E-state index in [1.165, 1.54) is 0 Å². The lowest BCUT2D eigenvalue weighted by Crippen LogP contribution is -2.17. The van der Waals surface area contributed by atoms with Crippen molar-refractivity contribution >= 4 is 28.8 Å². The summed E-state index contributed by atoms with van der Waals surface area (Å²) >= 11 is 5.01. The monoisotopic (exact) mass is 301 g/mol. The molecule has 0 atom stereocenters. The quantitative estimate of drug-likeness (QED) is 0.855. The maximum absolute atomic E-state index is 5.67. The molecule has 0 aliphatic carbocycles. The molecule has 0 aliphatic heterocycles. The third-order valence-electron chi connectivity index (χ3n) is 3.32. The minimum absolute atomic E-state index is 0.375. The van der Waals surface area contributed by atoms with E-state index < -0.39 is 0 Å². The minimum Gasteiger partial charge on any atom is -0.389 e. The van der Waals surface area contributed by atoms with Gasteiger partial charge >= 0.3 is 0 Å². The molecule has 0 unspecified atom stereocenters. The molecule has 2 N–H and O–H groups in total. The van der Waals surface area contributed by atoms with Crippen molar-refractivity contribution in [1.82, 2.24) is 15.2 Å². The standard InChI is InChI=1S/C15H19N5S/c1-4-12-13(5-2)18-19-15(17-12)20(3)11-8-6-7-10(9-11)14(16)21/h6-9H,4-5H2,1-3H3,(H2,16,21). The van der Waals surface area contributed by atoms with Gasteiger partial charge in [-0.25, -0.2) is 4.98 Å². The second-order valence-electron chi connectivity index (χ2n) is 4.69. The van der Waals surface area contributed by atoms with Crippen LogP contribution in [-0.4, -0.2) is 27.2 Å². The molecule has 6 heteroatoms. The zero-order valence-corrected chi connectivity index (χ0v) is 13.3. The summed E-state index contributed by atoms with van der Waals surface area (Å²) < 4.78 is 0. The lowest BCUT2D eigenvalue weighted by Gasteiger charge is -2.18. The van der Waals surface area contributed by atoms with Crippen LogP contribution < -0.4 is 10.6 Å². The lowest BCUT2D eigenvalue weighted by molar-refractivity contribution is 0.810. The van der Waals surface area contributed by atoms with Crippen molar-refractivity contribution in [2.24, 2.45) is 5.73 Å². The SMILES string of the molecule is CCc1nnc(N(C)c2cccc(C(N)=S)c2)nc1CC. The normalized spacial score (nSPS) is 10.4. The van der Waals surface area contributed by atoms with Crippen LogP contribution in [0.5, 0.6) is 0 Å². The predicted molar refractivity (Wildman–Crippen MR) is 89.0 cm³/mol. The van der Waals surface area contributed by atoms with Gasteiger partial charge in [0.2, 0.25) is 5.95 Å². The van der Waals surface area contributed by atoms with E-state index in [9.17, 15) is 0 Å². The highest BCUT2D eigenvalue weighted by atomic mass is 32.1. The number of aromatic nitrogens is 3. The molecule has 0 amide bonds. The van der Waals surface area contributed by atoms with Gasteiger partial charge in [0.05, 0.1) is 11.4 Å². The first kappa shape index (κ1) is 15.3. The highest BCUT2D eigenvalue weighted by Gasteiger charge is 2.12. The van der Waals surface area contributed by atoms with Gasteiger partial charge in [0.15, 0.2) is 0 Å². The van der Waals surface area contributed by atoms with Crippen molar-refractivity contribution in [3.05, 3.63) is 41.2 Å². The van der Waals surface area contributed by atoms with Crippen molar-refractivity contribution in [1.29, 1.82) is 0 Å². The van der Waals surface area contributed by atoms with Crippen LogP contribution in [0.3, 0.4) is 0 Å². The summed E-state index contributed by atoms with van der Waals surface area (Å²) in [5.41, 5.74) is 9.36. The maximum Gasteiger partial charge on any atom is 0.249 e. The van der Waals surface area contributed by atoms with E-state index in [0.717, 1.165) is 35.5 Å². The van der Waals surface area contributed by atoms with Crippen LogP contribution in [0.15, 0.2) is 24.3 Å². The van der Waals surface area contributed by atoms with E-state index >= 15 is 0 Å². The van der Waals surface area contributed by atoms with Crippen LogP contribution >= 0.6 is 12.2 Å². The fourth-order valence-electron chi connectivity index (χ4n) is 2.05. The second kappa shape index (κ2) is 6.58. The molecule has 2 rings (SSSR count). The fourth-order valence-corrected chi connectivity index (χ4v) is 2.18. The molecule has 2 aromatic rings. The topological polar surface area (TPSA) is 67.9 Å². The molecule has 5 nitrogen and oxygen atoms in total. The zero-order chi connectivity index (χ0) is 15.4. The van der Waals surface area contributed by atoms with E-state index in [4.69, 9.17) is 18.0 Å². The third-order valence-corrected chi connectivity index (χ3v) is 3.55. The molecule has 0 spiro atoms. The Kier molecular flexibility index (Phi) is 4.80. The number of nitrogens with zero attached hydrogens (tertiary/aromatic N) is 4. The predicted octanol–water partition coefficient (Wildman–Crippen LogP) is 2.40. The van der Waals surface area contributed by atoms with E-state index in [2.05, 4.69) is 29.0 Å². The first-order valence-electron chi connectivity index (χ1n) is 6.92. The number of nitrogens with two attached hydrogens (primary N) is 1. The van der Waals surface area contributed by atoms with Crippen LogP contribution in [0.2, 0.25) is 0 Å². The van der Waals surface area contributed by atoms with Gasteiger partial charge in [-0.1, -0.05) is 38.2 Å². The first-order valence-corrected chi connectivity index (χ1v) is 7.33. The Balaban J connectivity index is 2.37. The Hall–Kier alpha value is -2.08. The van der Waals surface area contributed by atoms with Crippen LogP contribution in [0.4, 0.5) is 11.6 Å². The van der Waals surface area contributed by atoms with Gasteiger partial charge in [-0.15, -0.1) is 10.2 Å². The third kappa shape index (κ3) is 3.33. The van der Waals surface area contributed by atoms with Crippen molar-refractivity contribution in [3.8, 4) is 0 Å². The minimum atomic E-state index is 0.375. The zero-order valence-electron chi connectivity index (χ0n) is 12.5. The number of anilines is 2. The average molecular weight is 301 g/mol. The number of hydrogen-bond donors (Lipinski definition) is 1. The Morgan fingerprint density at radius 3 is 2.52 bits per heavy atom. The number of benzene rings is 1. The Labute approximate surface area is 130 Å². The Bertz CT molecular complexity index is 656. The van der Waals surface area contributed by atoms with Crippen molar-refractivity contribution in [2.45, 2.75) is 26.7 Å². The molecule has 21 heavy (non-hydrogen) atoms. The van der Waals surface area contributed by atoms with Crippen LogP contribution in [-0.2, 0) is 12.8 Å². The van der Waals surface area contributed by atoms with Crippen molar-refractivity contribution in [3.63, 3.8) is 0 Å². The largest absolute Gasteiger partial charge is 0.389 e. The number of thiocarbonyl (C=S) groups is 1. The summed E-state index contributed by atoms with van der Waals surface area (Å²) in [4.78, 5) is 6.86. The summed E-state index contributed by atoms with van der Waals surface area (Å²) in [6.07, 6.45) is 1.68. The first-order chi connectivity index (χ1) is 10.1. The molecule has 110 valence electrons. The smallest absolute Gasteiger partial charge is 0.249 e. The molecule has 0 fully saturated rings. The molecule has 0 radical (unpaired) electrons. The van der Waals surface area contributed by atoms with Gasteiger partial charge in [-0.2, -0.15) is 0 Å². The summed E-state index contributed by atoms with van der Waals surface area (Å²) in [5, 5.41) is 8.48. The van der Waals surface area contributed by atoms with Crippen LogP contribution in [0.25, 0.3) is 0 Å². The summed E-state index contributed by atoms with van der Waals surface area (Å²) in [5.74, 6) is 0.573. The van der Waals surface area contributed by atoms with Crippen molar-refractivity contribution < 1.29 is 0 Å². The van der Waals surface area contributed by atoms with Gasteiger partial charge in [0, 0.05) is 18.3 Å². The Morgan fingerprint density at radius 1 is 1.19 bits per heavy atom. The molecule has 0 saturated heterocycles. The highest BCUT2D eigenvalue weighted by Crippen LogP contribution is 2.21. The molecule has 1 heterocycles. The van der Waals surface area contributed by atoms with E-state index in [0.29, 0.717) is 10.9 Å². The number of aryl methyl sites for hydroxylation is 2. The van der Waals surface area contributed by atoms with Crippen LogP contribution in [0, 0.1) is 0 Å². The summed E-state index contributed by atoms with van der Waals surface area (Å²) in [6.45, 7) is 4.13. The van der Waals surface area contributed by atoms with Gasteiger partial charge < -0.3 is 10.6 Å². The number of rotatable bonds is 5. The van der Waals surface area contributed by atoms with Crippen molar-refractivity contribution in [2.75, 3.05) is 11.9 Å². The van der Waals surface area contributed by atoms with Gasteiger partial charge in [0.1, 0.15) is 4.99 Å². The molecule has 0 aliphatic rings. The second-order valence-corrected chi connectivity index (χ2v) is 5.13. The van der Waals surface area contributed by atoms with Gasteiger partial charge in [-0.05, 0) is 25.0 Å². The van der Waals surface area contributed by atoms with Gasteiger partial charge in [0.25, 0.3) is 0 Å². The molecular formula is C15H19N5S. The average Bonchev–Trinajstić information content (AvgIpc) is 2.53. The highest BCUT2D eigenvalue weighted by molar-refractivity contribution is 7.80. The van der Waals surface area contributed by atoms with Gasteiger partial charge in [-0.3, -0.25) is 0 Å². The lowest BCUT2D eigenvalue weighted by atomic mass is 10.2. The Morgan fingerprint density at radius 2 is 1.90 bits per heavy atom. The van der Waals surface area contributed by atoms with E-state index in [-0.39, 0.29) is 0 Å². The molecular weight excluding hydrogens is 282 g/mol. The van der Waals surface area contributed by atoms with E-state index in [1.807, 2.05) is 36.2 Å². The summed E-state index contributed by atoms with van der Waals surface area (Å²) in [7, 11) is 1.90. The fraction of sp³-hybridized carbons (Fsp3) is 0.333. The number of hydrogen-bond acceptors (Lipinski definition) is 5. The van der Waals surface area contributed by atoms with Crippen LogP contribution in [0.1, 0.15) is 30.8 Å². The van der Waals surface area contributed by atoms with E-state index in [1.54, 1.807) is 0 Å². The molecule has 1 aromatic heterocycles. The maximum atomic E-state index is 5.67. The summed E-state index contributed by atoms with van der Waals surface area (Å²) in [6, 6.07) is 7.68.